The molecule has 1 aromatic rings. The van der Waals surface area contributed by atoms with Crippen LogP contribution < -0.4 is 10.6 Å². The van der Waals surface area contributed by atoms with Gasteiger partial charge in [-0.1, -0.05) is 32.9 Å². The number of anilines is 2. The third-order valence-corrected chi connectivity index (χ3v) is 2.91. The van der Waals surface area contributed by atoms with Crippen LogP contribution >= 0.6 is 0 Å². The van der Waals surface area contributed by atoms with E-state index in [0.717, 1.165) is 18.7 Å². The van der Waals surface area contributed by atoms with E-state index in [1.165, 1.54) is 5.56 Å². The largest absolute Gasteiger partial charge is 0.397 e. The van der Waals surface area contributed by atoms with E-state index in [2.05, 4.69) is 0 Å². The molecule has 0 spiro atoms. The number of nitrogens with zero attached hydrogens (tertiary/aromatic N) is 1. The van der Waals surface area contributed by atoms with Crippen LogP contribution in [0.5, 0.6) is 0 Å². The molecule has 0 fully saturated rings. The second-order valence-electron chi connectivity index (χ2n) is 5.31. The summed E-state index contributed by atoms with van der Waals surface area (Å²) in [5.74, 6) is 0.143. The Bertz CT molecular complexity index is 432. The Morgan fingerprint density at radius 1 is 1.38 bits per heavy atom. The average molecular weight is 218 g/mol. The highest BCUT2D eigenvalue weighted by Crippen LogP contribution is 2.36. The molecule has 1 aliphatic rings. The molecule has 0 saturated carbocycles. The molecule has 86 valence electrons. The van der Waals surface area contributed by atoms with Crippen LogP contribution in [0, 0.1) is 5.41 Å². The Labute approximate surface area is 96.2 Å². The van der Waals surface area contributed by atoms with Crippen LogP contribution in [0.15, 0.2) is 18.2 Å². The van der Waals surface area contributed by atoms with Gasteiger partial charge in [-0.25, -0.2) is 0 Å². The van der Waals surface area contributed by atoms with E-state index < -0.39 is 0 Å². The second kappa shape index (κ2) is 3.51. The SMILES string of the molecule is CC(C)(C)C(=O)N1CCc2cccc(N)c21. The first-order valence-electron chi connectivity index (χ1n) is 5.60. The number of carbonyl (C=O) groups is 1. The molecule has 2 N–H and O–H groups in total. The fraction of sp³-hybridized carbons (Fsp3) is 0.462. The Hall–Kier alpha value is -1.51. The highest BCUT2D eigenvalue weighted by Gasteiger charge is 2.33. The van der Waals surface area contributed by atoms with Crippen molar-refractivity contribution < 1.29 is 4.79 Å². The Morgan fingerprint density at radius 2 is 2.06 bits per heavy atom. The number of fused-ring (bicyclic) bond motifs is 1. The molecule has 1 aromatic carbocycles. The summed E-state index contributed by atoms with van der Waals surface area (Å²) in [6.45, 7) is 6.56. The number of rotatable bonds is 0. The molecular formula is C13H18N2O. The van der Waals surface area contributed by atoms with E-state index in [0.29, 0.717) is 5.69 Å². The van der Waals surface area contributed by atoms with E-state index in [9.17, 15) is 4.79 Å². The second-order valence-corrected chi connectivity index (χ2v) is 5.31. The van der Waals surface area contributed by atoms with Crippen molar-refractivity contribution in [3.05, 3.63) is 23.8 Å². The van der Waals surface area contributed by atoms with Gasteiger partial charge in [0.2, 0.25) is 5.91 Å². The minimum atomic E-state index is -0.357. The van der Waals surface area contributed by atoms with Gasteiger partial charge in [0.1, 0.15) is 0 Å². The summed E-state index contributed by atoms with van der Waals surface area (Å²) in [6, 6.07) is 5.84. The number of nitrogen functional groups attached to an aromatic ring is 1. The summed E-state index contributed by atoms with van der Waals surface area (Å²) in [7, 11) is 0. The fourth-order valence-corrected chi connectivity index (χ4v) is 2.09. The molecule has 0 bridgehead atoms. The monoisotopic (exact) mass is 218 g/mol. The van der Waals surface area contributed by atoms with Gasteiger partial charge in [-0.3, -0.25) is 4.79 Å². The van der Waals surface area contributed by atoms with Crippen molar-refractivity contribution >= 4 is 17.3 Å². The number of carbonyl (C=O) groups excluding carboxylic acids is 1. The number of benzene rings is 1. The lowest BCUT2D eigenvalue weighted by atomic mass is 9.94. The molecule has 3 nitrogen and oxygen atoms in total. The zero-order chi connectivity index (χ0) is 11.9. The molecule has 0 aliphatic carbocycles. The van der Waals surface area contributed by atoms with Crippen LogP contribution in [-0.4, -0.2) is 12.5 Å². The number of nitrogens with two attached hydrogens (primary N) is 1. The molecule has 1 amide bonds. The number of hydrogen-bond donors (Lipinski definition) is 1. The third-order valence-electron chi connectivity index (χ3n) is 2.91. The van der Waals surface area contributed by atoms with Crippen molar-refractivity contribution in [3.63, 3.8) is 0 Å². The Kier molecular flexibility index (Phi) is 2.41. The quantitative estimate of drug-likeness (QED) is 0.679. The maximum Gasteiger partial charge on any atom is 0.232 e. The minimum Gasteiger partial charge on any atom is -0.397 e. The molecule has 0 unspecified atom stereocenters. The zero-order valence-electron chi connectivity index (χ0n) is 10.1. The van der Waals surface area contributed by atoms with Crippen LogP contribution in [0.25, 0.3) is 0 Å². The van der Waals surface area contributed by atoms with E-state index in [1.54, 1.807) is 0 Å². The highest BCUT2D eigenvalue weighted by molar-refractivity contribution is 6.01. The van der Waals surface area contributed by atoms with Crippen molar-refractivity contribution in [1.29, 1.82) is 0 Å². The zero-order valence-corrected chi connectivity index (χ0v) is 10.1. The van der Waals surface area contributed by atoms with Gasteiger partial charge in [0, 0.05) is 12.0 Å². The van der Waals surface area contributed by atoms with Crippen molar-refractivity contribution in [2.75, 3.05) is 17.2 Å². The summed E-state index contributed by atoms with van der Waals surface area (Å²) in [6.07, 6.45) is 0.905. The third kappa shape index (κ3) is 1.66. The van der Waals surface area contributed by atoms with Gasteiger partial charge in [-0.15, -0.1) is 0 Å². The summed E-state index contributed by atoms with van der Waals surface area (Å²) in [5, 5.41) is 0. The van der Waals surface area contributed by atoms with E-state index in [4.69, 9.17) is 5.73 Å². The Balaban J connectivity index is 2.41. The first-order chi connectivity index (χ1) is 7.41. The van der Waals surface area contributed by atoms with Crippen molar-refractivity contribution in [3.8, 4) is 0 Å². The van der Waals surface area contributed by atoms with Crippen LogP contribution in [0.1, 0.15) is 26.3 Å². The topological polar surface area (TPSA) is 46.3 Å². The lowest BCUT2D eigenvalue weighted by Gasteiger charge is -2.26. The minimum absolute atomic E-state index is 0.143. The molecule has 1 heterocycles. The number of para-hydroxylation sites is 1. The maximum atomic E-state index is 12.3. The van der Waals surface area contributed by atoms with Crippen LogP contribution in [0.2, 0.25) is 0 Å². The van der Waals surface area contributed by atoms with Crippen LogP contribution in [0.4, 0.5) is 11.4 Å². The highest BCUT2D eigenvalue weighted by atomic mass is 16.2. The first kappa shape index (κ1) is 11.0. The van der Waals surface area contributed by atoms with E-state index >= 15 is 0 Å². The molecular weight excluding hydrogens is 200 g/mol. The van der Waals surface area contributed by atoms with E-state index in [-0.39, 0.29) is 11.3 Å². The molecule has 2 rings (SSSR count). The molecule has 1 aliphatic heterocycles. The van der Waals surface area contributed by atoms with Crippen LogP contribution in [0.3, 0.4) is 0 Å². The van der Waals surface area contributed by atoms with Gasteiger partial charge in [0.25, 0.3) is 0 Å². The van der Waals surface area contributed by atoms with E-state index in [1.807, 2.05) is 43.9 Å². The lowest BCUT2D eigenvalue weighted by molar-refractivity contribution is -0.125. The predicted octanol–water partition coefficient (Wildman–Crippen LogP) is 2.20. The molecule has 0 saturated heterocycles. The average Bonchev–Trinajstić information content (AvgIpc) is 2.60. The van der Waals surface area contributed by atoms with Gasteiger partial charge in [0.05, 0.1) is 11.4 Å². The Morgan fingerprint density at radius 3 is 2.69 bits per heavy atom. The van der Waals surface area contributed by atoms with Gasteiger partial charge in [0.15, 0.2) is 0 Å². The van der Waals surface area contributed by atoms with Gasteiger partial charge in [-0.05, 0) is 18.1 Å². The number of hydrogen-bond acceptors (Lipinski definition) is 2. The normalized spacial score (nSPS) is 15.1. The lowest BCUT2D eigenvalue weighted by Crippen LogP contribution is -2.38. The number of amides is 1. The van der Waals surface area contributed by atoms with Gasteiger partial charge in [-0.2, -0.15) is 0 Å². The van der Waals surface area contributed by atoms with Crippen LogP contribution in [-0.2, 0) is 11.2 Å². The summed E-state index contributed by atoms with van der Waals surface area (Å²) in [5.41, 5.74) is 8.39. The summed E-state index contributed by atoms with van der Waals surface area (Å²) in [4.78, 5) is 14.1. The smallest absolute Gasteiger partial charge is 0.232 e. The standard InChI is InChI=1S/C13H18N2O/c1-13(2,3)12(16)15-8-7-9-5-4-6-10(14)11(9)15/h4-6H,7-8,14H2,1-3H3. The van der Waals surface area contributed by atoms with Crippen molar-refractivity contribution in [2.24, 2.45) is 5.41 Å². The fourth-order valence-electron chi connectivity index (χ4n) is 2.09. The maximum absolute atomic E-state index is 12.3. The van der Waals surface area contributed by atoms with Crippen molar-refractivity contribution in [1.82, 2.24) is 0 Å². The summed E-state index contributed by atoms with van der Waals surface area (Å²) < 4.78 is 0. The summed E-state index contributed by atoms with van der Waals surface area (Å²) >= 11 is 0. The molecule has 3 heteroatoms. The van der Waals surface area contributed by atoms with Crippen molar-refractivity contribution in [2.45, 2.75) is 27.2 Å². The molecule has 16 heavy (non-hydrogen) atoms. The van der Waals surface area contributed by atoms with Gasteiger partial charge < -0.3 is 10.6 Å². The predicted molar refractivity (Wildman–Crippen MR) is 66.4 cm³/mol. The molecule has 0 atom stereocenters. The first-order valence-corrected chi connectivity index (χ1v) is 5.60. The van der Waals surface area contributed by atoms with Gasteiger partial charge >= 0.3 is 0 Å². The molecule has 0 radical (unpaired) electrons. The molecule has 0 aromatic heterocycles.